The normalized spacial score (nSPS) is 13.0. The monoisotopic (exact) mass is 300 g/mol. The maximum absolute atomic E-state index is 11.9. The van der Waals surface area contributed by atoms with Crippen LogP contribution in [0.25, 0.3) is 0 Å². The predicted octanol–water partition coefficient (Wildman–Crippen LogP) is 2.85. The van der Waals surface area contributed by atoms with E-state index in [0.29, 0.717) is 19.4 Å². The van der Waals surface area contributed by atoms with Crippen LogP contribution in [0, 0.1) is 0 Å². The highest BCUT2D eigenvalue weighted by Gasteiger charge is 2.35. The van der Waals surface area contributed by atoms with E-state index < -0.39 is 16.8 Å². The molecule has 0 aliphatic rings. The van der Waals surface area contributed by atoms with E-state index in [2.05, 4.69) is 0 Å². The third-order valence-corrected chi connectivity index (χ3v) is 3.40. The van der Waals surface area contributed by atoms with Crippen LogP contribution in [0.2, 0.25) is 6.32 Å². The molecule has 0 saturated carbocycles. The number of hydrogen-bond donors (Lipinski definition) is 1. The molecule has 1 N–H and O–H groups in total. The molecule has 0 saturated heterocycles. The van der Waals surface area contributed by atoms with Crippen LogP contribution in [0.4, 0.5) is 4.79 Å². The van der Waals surface area contributed by atoms with Gasteiger partial charge in [0.2, 0.25) is 0 Å². The summed E-state index contributed by atoms with van der Waals surface area (Å²) in [6.45, 7) is 15.6. The van der Waals surface area contributed by atoms with E-state index in [4.69, 9.17) is 9.39 Å². The molecular weight excluding hydrogens is 269 g/mol. The topological polar surface area (TPSA) is 59.0 Å². The summed E-state index contributed by atoms with van der Waals surface area (Å²) in [5.41, 5.74) is -2.12. The summed E-state index contributed by atoms with van der Waals surface area (Å²) in [5, 5.41) is 9.99. The van der Waals surface area contributed by atoms with Crippen LogP contribution < -0.4 is 0 Å². The second kappa shape index (κ2) is 7.50. The van der Waals surface area contributed by atoms with Crippen LogP contribution in [0.1, 0.15) is 55.4 Å². The van der Waals surface area contributed by atoms with Gasteiger partial charge in [-0.05, 0) is 61.7 Å². The lowest BCUT2D eigenvalue weighted by atomic mass is 9.85. The Labute approximate surface area is 130 Å². The Morgan fingerprint density at radius 1 is 1.14 bits per heavy atom. The van der Waals surface area contributed by atoms with Crippen molar-refractivity contribution in [2.24, 2.45) is 0 Å². The molecule has 0 aliphatic heterocycles. The van der Waals surface area contributed by atoms with E-state index in [9.17, 15) is 9.90 Å². The van der Waals surface area contributed by atoms with Gasteiger partial charge in [0.1, 0.15) is 5.60 Å². The van der Waals surface area contributed by atoms with Crippen LogP contribution in [-0.2, 0) is 9.39 Å². The van der Waals surface area contributed by atoms with Crippen LogP contribution in [-0.4, -0.2) is 53.5 Å². The van der Waals surface area contributed by atoms with E-state index in [-0.39, 0.29) is 6.09 Å². The van der Waals surface area contributed by atoms with Gasteiger partial charge in [-0.3, -0.25) is 0 Å². The molecule has 0 fully saturated rings. The van der Waals surface area contributed by atoms with E-state index in [0.717, 1.165) is 0 Å². The van der Waals surface area contributed by atoms with Crippen molar-refractivity contribution in [1.29, 1.82) is 0 Å². The summed E-state index contributed by atoms with van der Waals surface area (Å²) in [7, 11) is 1.64. The van der Waals surface area contributed by atoms with Crippen molar-refractivity contribution < 1.29 is 19.3 Å². The average molecular weight is 300 g/mol. The highest BCUT2D eigenvalue weighted by Crippen LogP contribution is 2.24. The quantitative estimate of drug-likeness (QED) is 0.580. The molecule has 1 amide bonds. The average Bonchev–Trinajstić information content (AvgIpc) is 2.24. The van der Waals surface area contributed by atoms with Gasteiger partial charge in [-0.15, -0.1) is 0 Å². The van der Waals surface area contributed by atoms with Crippen LogP contribution in [0.15, 0.2) is 0 Å². The molecule has 0 aromatic heterocycles. The highest BCUT2D eigenvalue weighted by atomic mass is 16.6. The molecule has 0 rings (SSSR count). The molecule has 0 spiro atoms. The van der Waals surface area contributed by atoms with Crippen molar-refractivity contribution in [3.8, 4) is 0 Å². The molecule has 0 aliphatic carbocycles. The summed E-state index contributed by atoms with van der Waals surface area (Å²) >= 11 is 0. The molecule has 0 atom stereocenters. The number of amides is 1. The van der Waals surface area contributed by atoms with Gasteiger partial charge < -0.3 is 19.4 Å². The molecule has 1 radical (unpaired) electrons. The Kier molecular flexibility index (Phi) is 7.23. The van der Waals surface area contributed by atoms with Gasteiger partial charge in [0.25, 0.3) is 7.48 Å². The number of rotatable bonds is 7. The lowest BCUT2D eigenvalue weighted by Crippen LogP contribution is -2.48. The maximum Gasteiger partial charge on any atom is 0.410 e. The number of carbonyl (C=O) groups excluding carboxylic acids is 1. The van der Waals surface area contributed by atoms with Crippen molar-refractivity contribution in [3.05, 3.63) is 0 Å². The van der Waals surface area contributed by atoms with E-state index >= 15 is 0 Å². The van der Waals surface area contributed by atoms with Gasteiger partial charge in [0, 0.05) is 13.1 Å². The Hall–Kier alpha value is -0.745. The summed E-state index contributed by atoms with van der Waals surface area (Å²) in [6, 6.07) is 0. The molecule has 0 unspecified atom stereocenters. The Morgan fingerprint density at radius 3 is 2.05 bits per heavy atom. The van der Waals surface area contributed by atoms with Gasteiger partial charge >= 0.3 is 6.09 Å². The maximum atomic E-state index is 11.9. The Morgan fingerprint density at radius 2 is 1.67 bits per heavy atom. The zero-order valence-electron chi connectivity index (χ0n) is 14.8. The van der Waals surface area contributed by atoms with Crippen molar-refractivity contribution in [2.45, 2.75) is 78.5 Å². The first-order chi connectivity index (χ1) is 9.30. The van der Waals surface area contributed by atoms with Crippen molar-refractivity contribution in [2.75, 3.05) is 13.1 Å². The van der Waals surface area contributed by atoms with Gasteiger partial charge in [-0.25, -0.2) is 4.79 Å². The molecule has 21 heavy (non-hydrogen) atoms. The van der Waals surface area contributed by atoms with Crippen molar-refractivity contribution in [1.82, 2.24) is 4.90 Å². The first kappa shape index (κ1) is 20.3. The molecule has 123 valence electrons. The minimum Gasteiger partial charge on any atom is -0.444 e. The fraction of sp³-hybridized carbons (Fsp3) is 0.933. The SMILES string of the molecule is CCN(CC[B]OC(C)(C)C(C)(C)O)C(=O)OC(C)(C)C. The highest BCUT2D eigenvalue weighted by molar-refractivity contribution is 6.27. The van der Waals surface area contributed by atoms with E-state index in [1.54, 1.807) is 26.2 Å². The van der Waals surface area contributed by atoms with Crippen LogP contribution in [0.3, 0.4) is 0 Å². The lowest BCUT2D eigenvalue weighted by molar-refractivity contribution is -0.0904. The van der Waals surface area contributed by atoms with E-state index in [1.807, 2.05) is 41.5 Å². The number of ether oxygens (including phenoxy) is 1. The van der Waals surface area contributed by atoms with Gasteiger partial charge in [0.05, 0.1) is 11.2 Å². The zero-order valence-corrected chi connectivity index (χ0v) is 14.8. The van der Waals surface area contributed by atoms with Crippen LogP contribution >= 0.6 is 0 Å². The molecule has 0 aromatic carbocycles. The van der Waals surface area contributed by atoms with Gasteiger partial charge in [-0.2, -0.15) is 0 Å². The molecule has 0 aromatic rings. The fourth-order valence-corrected chi connectivity index (χ4v) is 1.32. The van der Waals surface area contributed by atoms with E-state index in [1.165, 1.54) is 0 Å². The first-order valence-corrected chi connectivity index (χ1v) is 7.50. The van der Waals surface area contributed by atoms with Crippen molar-refractivity contribution in [3.63, 3.8) is 0 Å². The van der Waals surface area contributed by atoms with Crippen LogP contribution in [0.5, 0.6) is 0 Å². The largest absolute Gasteiger partial charge is 0.444 e. The molecule has 0 bridgehead atoms. The third kappa shape index (κ3) is 7.72. The lowest BCUT2D eigenvalue weighted by Gasteiger charge is -2.37. The Balaban J connectivity index is 4.23. The molecule has 0 heterocycles. The predicted molar refractivity (Wildman–Crippen MR) is 85.5 cm³/mol. The zero-order chi connectivity index (χ0) is 16.9. The minimum absolute atomic E-state index is 0.319. The number of aliphatic hydroxyl groups is 1. The molecular formula is C15H31BNO4. The smallest absolute Gasteiger partial charge is 0.410 e. The van der Waals surface area contributed by atoms with Gasteiger partial charge in [0.15, 0.2) is 0 Å². The van der Waals surface area contributed by atoms with Gasteiger partial charge in [-0.1, -0.05) is 0 Å². The summed E-state index contributed by atoms with van der Waals surface area (Å²) in [6.07, 6.45) is 0.257. The standard InChI is InChI=1S/C15H31BNO4/c1-9-17(12(18)20-13(2,3)4)11-10-16-21-15(7,8)14(5,6)19/h19H,9-11H2,1-8H3. The second-order valence-electron chi connectivity index (χ2n) is 7.20. The second-order valence-corrected chi connectivity index (χ2v) is 7.20. The Bertz CT molecular complexity index is 332. The molecule has 6 heteroatoms. The minimum atomic E-state index is -0.945. The summed E-state index contributed by atoms with van der Waals surface area (Å²) in [5.74, 6) is 0. The molecule has 5 nitrogen and oxygen atoms in total. The van der Waals surface area contributed by atoms with Crippen molar-refractivity contribution >= 4 is 13.6 Å². The third-order valence-electron chi connectivity index (χ3n) is 3.40. The summed E-state index contributed by atoms with van der Waals surface area (Å²) < 4.78 is 11.0. The number of nitrogens with zero attached hydrogens (tertiary/aromatic N) is 1. The summed E-state index contributed by atoms with van der Waals surface area (Å²) in [4.78, 5) is 13.6. The fourth-order valence-electron chi connectivity index (χ4n) is 1.32. The number of hydrogen-bond acceptors (Lipinski definition) is 4. The number of carbonyl (C=O) groups is 1. The first-order valence-electron chi connectivity index (χ1n) is 7.50.